The molecule has 3 N–H and O–H groups in total. The molecular formula is C9H14N2OS. The van der Waals surface area contributed by atoms with E-state index in [-0.39, 0.29) is 16.3 Å². The van der Waals surface area contributed by atoms with Crippen molar-refractivity contribution in [2.24, 2.45) is 11.1 Å². The first-order valence-corrected chi connectivity index (χ1v) is 5.27. The van der Waals surface area contributed by atoms with Crippen molar-refractivity contribution < 1.29 is 0 Å². The zero-order chi connectivity index (χ0) is 9.64. The van der Waals surface area contributed by atoms with Gasteiger partial charge in [0, 0.05) is 16.6 Å². The van der Waals surface area contributed by atoms with Crippen molar-refractivity contribution in [1.29, 1.82) is 0 Å². The fourth-order valence-electron chi connectivity index (χ4n) is 2.01. The molecule has 72 valence electrons. The van der Waals surface area contributed by atoms with Crippen LogP contribution >= 0.6 is 11.3 Å². The van der Waals surface area contributed by atoms with Gasteiger partial charge in [0.25, 0.3) is 0 Å². The summed E-state index contributed by atoms with van der Waals surface area (Å²) in [5.41, 5.74) is 7.17. The highest BCUT2D eigenvalue weighted by Crippen LogP contribution is 2.39. The lowest BCUT2D eigenvalue weighted by Crippen LogP contribution is -2.29. The van der Waals surface area contributed by atoms with Crippen LogP contribution in [0.25, 0.3) is 0 Å². The number of hydrogen-bond donors (Lipinski definition) is 2. The molecule has 1 unspecified atom stereocenters. The molecule has 1 aliphatic carbocycles. The smallest absolute Gasteiger partial charge is 0.304 e. The lowest BCUT2D eigenvalue weighted by molar-refractivity contribution is 0.283. The Morgan fingerprint density at radius 3 is 3.00 bits per heavy atom. The predicted octanol–water partition coefficient (Wildman–Crippen LogP) is 1.41. The van der Waals surface area contributed by atoms with E-state index in [0.29, 0.717) is 0 Å². The first-order chi connectivity index (χ1) is 5.98. The molecule has 0 aromatic carbocycles. The second-order valence-electron chi connectivity index (χ2n) is 4.50. The van der Waals surface area contributed by atoms with E-state index in [4.69, 9.17) is 5.73 Å². The minimum atomic E-state index is 0.0118. The van der Waals surface area contributed by atoms with Gasteiger partial charge in [-0.15, -0.1) is 0 Å². The molecule has 3 nitrogen and oxygen atoms in total. The SMILES string of the molecule is CC1(C)Cc2sc(=O)[nH]c2C(N)C1. The number of thiazole rings is 1. The Balaban J connectivity index is 2.48. The van der Waals surface area contributed by atoms with Crippen molar-refractivity contribution in [3.8, 4) is 0 Å². The summed E-state index contributed by atoms with van der Waals surface area (Å²) < 4.78 is 0. The van der Waals surface area contributed by atoms with Gasteiger partial charge < -0.3 is 10.7 Å². The Bertz CT molecular complexity index is 377. The molecule has 1 aromatic rings. The molecule has 13 heavy (non-hydrogen) atoms. The van der Waals surface area contributed by atoms with Crippen LogP contribution in [0.2, 0.25) is 0 Å². The van der Waals surface area contributed by atoms with Crippen molar-refractivity contribution in [2.45, 2.75) is 32.7 Å². The molecule has 0 bridgehead atoms. The topological polar surface area (TPSA) is 58.9 Å². The van der Waals surface area contributed by atoms with E-state index in [1.807, 2.05) is 0 Å². The lowest BCUT2D eigenvalue weighted by Gasteiger charge is -2.32. The van der Waals surface area contributed by atoms with Gasteiger partial charge in [0.15, 0.2) is 0 Å². The molecule has 1 heterocycles. The van der Waals surface area contributed by atoms with Gasteiger partial charge in [-0.05, 0) is 18.3 Å². The van der Waals surface area contributed by atoms with Crippen LogP contribution < -0.4 is 10.6 Å². The largest absolute Gasteiger partial charge is 0.323 e. The van der Waals surface area contributed by atoms with Crippen LogP contribution in [0.4, 0.5) is 0 Å². The van der Waals surface area contributed by atoms with Crippen LogP contribution in [-0.2, 0) is 6.42 Å². The molecule has 0 amide bonds. The van der Waals surface area contributed by atoms with Gasteiger partial charge in [0.2, 0.25) is 0 Å². The number of H-pyrrole nitrogens is 1. The summed E-state index contributed by atoms with van der Waals surface area (Å²) in [6, 6.07) is 0.0118. The number of rotatable bonds is 0. The average Bonchev–Trinajstić information content (AvgIpc) is 2.27. The molecule has 0 radical (unpaired) electrons. The van der Waals surface area contributed by atoms with E-state index in [0.717, 1.165) is 23.4 Å². The van der Waals surface area contributed by atoms with E-state index < -0.39 is 0 Å². The maximum absolute atomic E-state index is 11.1. The molecule has 1 aromatic heterocycles. The van der Waals surface area contributed by atoms with Crippen molar-refractivity contribution in [2.75, 3.05) is 0 Å². The zero-order valence-corrected chi connectivity index (χ0v) is 8.70. The van der Waals surface area contributed by atoms with Gasteiger partial charge in [-0.3, -0.25) is 4.79 Å². The Kier molecular flexibility index (Phi) is 1.85. The molecule has 0 saturated carbocycles. The highest BCUT2D eigenvalue weighted by atomic mass is 32.1. The van der Waals surface area contributed by atoms with Crippen molar-refractivity contribution in [3.63, 3.8) is 0 Å². The highest BCUT2D eigenvalue weighted by Gasteiger charge is 2.32. The fourth-order valence-corrected chi connectivity index (χ4v) is 3.17. The normalized spacial score (nSPS) is 25.6. The van der Waals surface area contributed by atoms with Gasteiger partial charge in [-0.25, -0.2) is 0 Å². The molecule has 4 heteroatoms. The molecular weight excluding hydrogens is 184 g/mol. The number of nitrogens with two attached hydrogens (primary N) is 1. The van der Waals surface area contributed by atoms with Crippen LogP contribution in [0.1, 0.15) is 36.9 Å². The molecule has 1 aliphatic rings. The minimum Gasteiger partial charge on any atom is -0.323 e. The molecule has 0 saturated heterocycles. The van der Waals surface area contributed by atoms with Crippen LogP contribution in [-0.4, -0.2) is 4.98 Å². The average molecular weight is 198 g/mol. The first-order valence-electron chi connectivity index (χ1n) is 4.45. The fraction of sp³-hybridized carbons (Fsp3) is 0.667. The van der Waals surface area contributed by atoms with Crippen LogP contribution in [0.15, 0.2) is 4.79 Å². The Morgan fingerprint density at radius 2 is 2.31 bits per heavy atom. The van der Waals surface area contributed by atoms with Gasteiger partial charge in [-0.1, -0.05) is 25.2 Å². The Labute approximate surface area is 81.0 Å². The standard InChI is InChI=1S/C9H14N2OS/c1-9(2)3-5(10)7-6(4-9)13-8(12)11-7/h5H,3-4,10H2,1-2H3,(H,11,12). The molecule has 1 atom stereocenters. The summed E-state index contributed by atoms with van der Waals surface area (Å²) in [6.45, 7) is 4.39. The number of fused-ring (bicyclic) bond motifs is 1. The maximum Gasteiger partial charge on any atom is 0.304 e. The van der Waals surface area contributed by atoms with Gasteiger partial charge in [0.05, 0.1) is 0 Å². The van der Waals surface area contributed by atoms with Crippen LogP contribution in [0.5, 0.6) is 0 Å². The summed E-state index contributed by atoms with van der Waals surface area (Å²) in [5, 5.41) is 0. The summed E-state index contributed by atoms with van der Waals surface area (Å²) in [5.74, 6) is 0. The second kappa shape index (κ2) is 2.69. The third-order valence-corrected chi connectivity index (χ3v) is 3.43. The molecule has 0 fully saturated rings. The van der Waals surface area contributed by atoms with E-state index in [9.17, 15) is 4.79 Å². The number of hydrogen-bond acceptors (Lipinski definition) is 3. The second-order valence-corrected chi connectivity index (χ2v) is 5.57. The number of aromatic nitrogens is 1. The molecule has 0 spiro atoms. The third-order valence-electron chi connectivity index (χ3n) is 2.54. The summed E-state index contributed by atoms with van der Waals surface area (Å²) in [6.07, 6.45) is 1.92. The summed E-state index contributed by atoms with van der Waals surface area (Å²) >= 11 is 1.31. The molecule has 2 rings (SSSR count). The van der Waals surface area contributed by atoms with Crippen molar-refractivity contribution >= 4 is 11.3 Å². The van der Waals surface area contributed by atoms with Crippen molar-refractivity contribution in [1.82, 2.24) is 4.98 Å². The zero-order valence-electron chi connectivity index (χ0n) is 7.89. The lowest BCUT2D eigenvalue weighted by atomic mass is 9.77. The van der Waals surface area contributed by atoms with Crippen LogP contribution in [0, 0.1) is 5.41 Å². The van der Waals surface area contributed by atoms with E-state index in [1.54, 1.807) is 0 Å². The summed E-state index contributed by atoms with van der Waals surface area (Å²) in [7, 11) is 0. The monoisotopic (exact) mass is 198 g/mol. The molecule has 0 aliphatic heterocycles. The van der Waals surface area contributed by atoms with E-state index >= 15 is 0 Å². The van der Waals surface area contributed by atoms with Crippen molar-refractivity contribution in [3.05, 3.63) is 20.2 Å². The Morgan fingerprint density at radius 1 is 1.62 bits per heavy atom. The third kappa shape index (κ3) is 1.56. The predicted molar refractivity (Wildman–Crippen MR) is 54.0 cm³/mol. The van der Waals surface area contributed by atoms with Gasteiger partial charge in [-0.2, -0.15) is 0 Å². The number of nitrogens with one attached hydrogen (secondary N) is 1. The maximum atomic E-state index is 11.1. The number of aromatic amines is 1. The Hall–Kier alpha value is -0.610. The first kappa shape index (κ1) is 8.97. The van der Waals surface area contributed by atoms with E-state index in [1.165, 1.54) is 11.3 Å². The van der Waals surface area contributed by atoms with Gasteiger partial charge >= 0.3 is 4.87 Å². The van der Waals surface area contributed by atoms with E-state index in [2.05, 4.69) is 18.8 Å². The minimum absolute atomic E-state index is 0.0118. The van der Waals surface area contributed by atoms with Crippen LogP contribution in [0.3, 0.4) is 0 Å². The van der Waals surface area contributed by atoms with Gasteiger partial charge in [0.1, 0.15) is 0 Å². The summed E-state index contributed by atoms with van der Waals surface area (Å²) in [4.78, 5) is 15.1. The highest BCUT2D eigenvalue weighted by molar-refractivity contribution is 7.09. The quantitative estimate of drug-likeness (QED) is 0.662.